The van der Waals surface area contributed by atoms with E-state index in [-0.39, 0.29) is 11.9 Å². The number of halogens is 3. The van der Waals surface area contributed by atoms with Crippen LogP contribution >= 0.6 is 23.2 Å². The Bertz CT molecular complexity index is 572. The Balaban J connectivity index is 2.27. The maximum absolute atomic E-state index is 13.8. The summed E-state index contributed by atoms with van der Waals surface area (Å²) in [6.45, 7) is 0. The van der Waals surface area contributed by atoms with Crippen LogP contribution in [-0.2, 0) is 6.42 Å². The molecule has 0 bridgehead atoms. The Morgan fingerprint density at radius 2 is 1.89 bits per heavy atom. The molecule has 0 spiro atoms. The molecule has 0 fully saturated rings. The molecule has 0 amide bonds. The van der Waals surface area contributed by atoms with Gasteiger partial charge < -0.3 is 5.32 Å². The Morgan fingerprint density at radius 1 is 1.16 bits per heavy atom. The van der Waals surface area contributed by atoms with Crippen LogP contribution < -0.4 is 5.32 Å². The average molecular weight is 298 g/mol. The van der Waals surface area contributed by atoms with E-state index in [1.165, 1.54) is 6.07 Å². The second-order valence-electron chi connectivity index (χ2n) is 4.30. The van der Waals surface area contributed by atoms with Crippen molar-refractivity contribution in [1.82, 2.24) is 5.32 Å². The van der Waals surface area contributed by atoms with Crippen molar-refractivity contribution in [3.63, 3.8) is 0 Å². The van der Waals surface area contributed by atoms with Gasteiger partial charge in [-0.1, -0.05) is 47.5 Å². The molecule has 0 aliphatic rings. The minimum absolute atomic E-state index is 0.125. The molecule has 0 heterocycles. The lowest BCUT2D eigenvalue weighted by Crippen LogP contribution is -2.20. The molecule has 2 aromatic rings. The van der Waals surface area contributed by atoms with Gasteiger partial charge in [0.05, 0.1) is 0 Å². The zero-order chi connectivity index (χ0) is 13.8. The van der Waals surface area contributed by atoms with E-state index in [9.17, 15) is 4.39 Å². The first-order valence-corrected chi connectivity index (χ1v) is 6.73. The van der Waals surface area contributed by atoms with Gasteiger partial charge in [0.15, 0.2) is 0 Å². The number of hydrogen-bond acceptors (Lipinski definition) is 1. The lowest BCUT2D eigenvalue weighted by Gasteiger charge is -2.18. The maximum atomic E-state index is 13.8. The lowest BCUT2D eigenvalue weighted by atomic mass is 9.98. The molecule has 0 radical (unpaired) electrons. The first kappa shape index (κ1) is 14.3. The van der Waals surface area contributed by atoms with Crippen molar-refractivity contribution in [1.29, 1.82) is 0 Å². The third-order valence-electron chi connectivity index (χ3n) is 3.07. The van der Waals surface area contributed by atoms with Gasteiger partial charge in [0.1, 0.15) is 5.82 Å². The predicted molar refractivity (Wildman–Crippen MR) is 78.4 cm³/mol. The molecule has 1 atom stereocenters. The maximum Gasteiger partial charge on any atom is 0.127 e. The number of likely N-dealkylation sites (N-methyl/N-ethyl adjacent to an activating group) is 1. The van der Waals surface area contributed by atoms with E-state index >= 15 is 0 Å². The van der Waals surface area contributed by atoms with E-state index in [1.54, 1.807) is 31.3 Å². The summed E-state index contributed by atoms with van der Waals surface area (Å²) in [7, 11) is 1.81. The zero-order valence-electron chi connectivity index (χ0n) is 10.5. The van der Waals surface area contributed by atoms with E-state index in [2.05, 4.69) is 5.32 Å². The van der Waals surface area contributed by atoms with Crippen LogP contribution in [0.3, 0.4) is 0 Å². The monoisotopic (exact) mass is 297 g/mol. The van der Waals surface area contributed by atoms with Gasteiger partial charge in [0, 0.05) is 21.7 Å². The number of rotatable bonds is 4. The van der Waals surface area contributed by atoms with Crippen molar-refractivity contribution in [2.45, 2.75) is 12.5 Å². The highest BCUT2D eigenvalue weighted by molar-refractivity contribution is 6.35. The summed E-state index contributed by atoms with van der Waals surface area (Å²) in [5, 5.41) is 4.32. The SMILES string of the molecule is CNC(Cc1ccc(Cl)cc1Cl)c1ccccc1F. The second kappa shape index (κ2) is 6.38. The third-order valence-corrected chi connectivity index (χ3v) is 3.66. The van der Waals surface area contributed by atoms with Crippen molar-refractivity contribution < 1.29 is 4.39 Å². The molecule has 0 aliphatic heterocycles. The van der Waals surface area contributed by atoms with Gasteiger partial charge in [-0.25, -0.2) is 4.39 Å². The fraction of sp³-hybridized carbons (Fsp3) is 0.200. The fourth-order valence-corrected chi connectivity index (χ4v) is 2.52. The number of benzene rings is 2. The molecule has 0 saturated heterocycles. The molecule has 100 valence electrons. The van der Waals surface area contributed by atoms with Crippen LogP contribution in [0.5, 0.6) is 0 Å². The quantitative estimate of drug-likeness (QED) is 0.867. The van der Waals surface area contributed by atoms with Crippen LogP contribution in [0.1, 0.15) is 17.2 Å². The molecule has 1 N–H and O–H groups in total. The van der Waals surface area contributed by atoms with Gasteiger partial charge in [-0.2, -0.15) is 0 Å². The first-order valence-electron chi connectivity index (χ1n) is 5.97. The normalized spacial score (nSPS) is 12.4. The van der Waals surface area contributed by atoms with Crippen LogP contribution in [0.4, 0.5) is 4.39 Å². The Kier molecular flexibility index (Phi) is 4.81. The average Bonchev–Trinajstić information content (AvgIpc) is 2.39. The molecule has 2 aromatic carbocycles. The molecular formula is C15H14Cl2FN. The van der Waals surface area contributed by atoms with Gasteiger partial charge >= 0.3 is 0 Å². The summed E-state index contributed by atoms with van der Waals surface area (Å²) in [6.07, 6.45) is 0.605. The smallest absolute Gasteiger partial charge is 0.127 e. The van der Waals surface area contributed by atoms with Crippen molar-refractivity contribution in [3.05, 3.63) is 69.5 Å². The molecule has 0 aromatic heterocycles. The zero-order valence-corrected chi connectivity index (χ0v) is 12.0. The van der Waals surface area contributed by atoms with Gasteiger partial charge in [-0.3, -0.25) is 0 Å². The molecule has 0 aliphatic carbocycles. The van der Waals surface area contributed by atoms with E-state index in [1.807, 2.05) is 12.1 Å². The Labute approximate surface area is 122 Å². The summed E-state index contributed by atoms with van der Waals surface area (Å²) < 4.78 is 13.8. The molecule has 0 saturated carbocycles. The minimum Gasteiger partial charge on any atom is -0.313 e. The van der Waals surface area contributed by atoms with Crippen molar-refractivity contribution in [2.24, 2.45) is 0 Å². The van der Waals surface area contributed by atoms with Crippen LogP contribution in [0.15, 0.2) is 42.5 Å². The van der Waals surface area contributed by atoms with Crippen molar-refractivity contribution >= 4 is 23.2 Å². The predicted octanol–water partition coefficient (Wildman–Crippen LogP) is 4.64. The summed E-state index contributed by atoms with van der Waals surface area (Å²) in [5.74, 6) is -0.216. The third kappa shape index (κ3) is 3.47. The summed E-state index contributed by atoms with van der Waals surface area (Å²) >= 11 is 12.0. The topological polar surface area (TPSA) is 12.0 Å². The fourth-order valence-electron chi connectivity index (χ4n) is 2.03. The highest BCUT2D eigenvalue weighted by Crippen LogP contribution is 2.27. The van der Waals surface area contributed by atoms with E-state index < -0.39 is 0 Å². The largest absolute Gasteiger partial charge is 0.313 e. The standard InChI is InChI=1S/C15H14Cl2FN/c1-19-15(12-4-2-3-5-14(12)18)8-10-6-7-11(16)9-13(10)17/h2-7,9,15,19H,8H2,1H3. The molecule has 1 unspecified atom stereocenters. The molecule has 1 nitrogen and oxygen atoms in total. The Hall–Kier alpha value is -1.09. The van der Waals surface area contributed by atoms with Gasteiger partial charge in [0.2, 0.25) is 0 Å². The summed E-state index contributed by atoms with van der Waals surface area (Å²) in [5.41, 5.74) is 1.57. The van der Waals surface area contributed by atoms with Gasteiger partial charge in [-0.05, 0) is 37.2 Å². The van der Waals surface area contributed by atoms with Gasteiger partial charge in [0.25, 0.3) is 0 Å². The van der Waals surface area contributed by atoms with Crippen LogP contribution in [0.2, 0.25) is 10.0 Å². The highest BCUT2D eigenvalue weighted by atomic mass is 35.5. The lowest BCUT2D eigenvalue weighted by molar-refractivity contribution is 0.534. The minimum atomic E-state index is -0.216. The van der Waals surface area contributed by atoms with Crippen LogP contribution in [0, 0.1) is 5.82 Å². The van der Waals surface area contributed by atoms with Crippen LogP contribution in [0.25, 0.3) is 0 Å². The van der Waals surface area contributed by atoms with E-state index in [4.69, 9.17) is 23.2 Å². The van der Waals surface area contributed by atoms with Crippen molar-refractivity contribution in [3.8, 4) is 0 Å². The van der Waals surface area contributed by atoms with Crippen LogP contribution in [-0.4, -0.2) is 7.05 Å². The summed E-state index contributed by atoms with van der Waals surface area (Å²) in [6, 6.07) is 12.0. The van der Waals surface area contributed by atoms with E-state index in [0.717, 1.165) is 5.56 Å². The number of nitrogens with one attached hydrogen (secondary N) is 1. The molecular weight excluding hydrogens is 284 g/mol. The highest BCUT2D eigenvalue weighted by Gasteiger charge is 2.15. The second-order valence-corrected chi connectivity index (χ2v) is 5.15. The molecule has 4 heteroatoms. The van der Waals surface area contributed by atoms with Crippen molar-refractivity contribution in [2.75, 3.05) is 7.05 Å². The molecule has 19 heavy (non-hydrogen) atoms. The van der Waals surface area contributed by atoms with Gasteiger partial charge in [-0.15, -0.1) is 0 Å². The molecule has 2 rings (SSSR count). The Morgan fingerprint density at radius 3 is 2.53 bits per heavy atom. The first-order chi connectivity index (χ1) is 9.11. The summed E-state index contributed by atoms with van der Waals surface area (Å²) in [4.78, 5) is 0. The number of hydrogen-bond donors (Lipinski definition) is 1. The van der Waals surface area contributed by atoms with E-state index in [0.29, 0.717) is 22.0 Å².